The fourth-order valence-corrected chi connectivity index (χ4v) is 4.43. The highest BCUT2D eigenvalue weighted by atomic mass is 79.9. The number of rotatable bonds is 2. The van der Waals surface area contributed by atoms with Crippen molar-refractivity contribution in [2.45, 2.75) is 0 Å². The Morgan fingerprint density at radius 1 is 1.00 bits per heavy atom. The Balaban J connectivity index is 1.79. The molecule has 0 fully saturated rings. The first kappa shape index (κ1) is 15.6. The highest BCUT2D eigenvalue weighted by molar-refractivity contribution is 9.10. The van der Waals surface area contributed by atoms with E-state index in [2.05, 4.69) is 27.3 Å². The summed E-state index contributed by atoms with van der Waals surface area (Å²) >= 11 is 11.4. The molecule has 0 saturated heterocycles. The van der Waals surface area contributed by atoms with Gasteiger partial charge in [0.2, 0.25) is 0 Å². The Labute approximate surface area is 156 Å². The number of carbonyl (C=O) groups excluding carboxylic acids is 1. The van der Waals surface area contributed by atoms with E-state index >= 15 is 0 Å². The van der Waals surface area contributed by atoms with Crippen molar-refractivity contribution in [1.29, 1.82) is 0 Å². The van der Waals surface area contributed by atoms with Gasteiger partial charge in [0.15, 0.2) is 0 Å². The minimum Gasteiger partial charge on any atom is -0.321 e. The number of halogens is 2. The van der Waals surface area contributed by atoms with Gasteiger partial charge < -0.3 is 5.32 Å². The molecule has 0 aliphatic heterocycles. The Hall–Kier alpha value is -1.88. The SMILES string of the molecule is O=C(Nc1ccc(Br)cc1)c1sc2ccc3ccccc3c2c1Cl. The molecule has 0 atom stereocenters. The number of fused-ring (bicyclic) bond motifs is 3. The first-order chi connectivity index (χ1) is 11.6. The molecule has 4 rings (SSSR count). The van der Waals surface area contributed by atoms with Gasteiger partial charge in [-0.3, -0.25) is 4.79 Å². The summed E-state index contributed by atoms with van der Waals surface area (Å²) in [4.78, 5) is 13.2. The third-order valence-electron chi connectivity index (χ3n) is 3.83. The molecular weight excluding hydrogens is 406 g/mol. The van der Waals surface area contributed by atoms with Crippen LogP contribution in [0.5, 0.6) is 0 Å². The first-order valence-corrected chi connectivity index (χ1v) is 9.29. The molecular formula is C19H11BrClNOS. The van der Waals surface area contributed by atoms with E-state index in [9.17, 15) is 4.79 Å². The lowest BCUT2D eigenvalue weighted by molar-refractivity contribution is 0.103. The molecule has 0 bridgehead atoms. The molecule has 1 heterocycles. The average Bonchev–Trinajstić information content (AvgIpc) is 2.94. The van der Waals surface area contributed by atoms with Crippen molar-refractivity contribution in [1.82, 2.24) is 0 Å². The summed E-state index contributed by atoms with van der Waals surface area (Å²) in [6.07, 6.45) is 0. The van der Waals surface area contributed by atoms with E-state index in [0.29, 0.717) is 9.90 Å². The van der Waals surface area contributed by atoms with Crippen LogP contribution in [0.15, 0.2) is 65.1 Å². The van der Waals surface area contributed by atoms with Gasteiger partial charge in [0.25, 0.3) is 5.91 Å². The van der Waals surface area contributed by atoms with Crippen molar-refractivity contribution in [3.05, 3.63) is 75.0 Å². The molecule has 24 heavy (non-hydrogen) atoms. The van der Waals surface area contributed by atoms with E-state index in [1.807, 2.05) is 54.6 Å². The largest absolute Gasteiger partial charge is 0.321 e. The number of thiophene rings is 1. The lowest BCUT2D eigenvalue weighted by atomic mass is 10.1. The molecule has 118 valence electrons. The molecule has 1 aromatic heterocycles. The predicted molar refractivity (Wildman–Crippen MR) is 106 cm³/mol. The topological polar surface area (TPSA) is 29.1 Å². The standard InChI is InChI=1S/C19H11BrClNOS/c20-12-6-8-13(9-7-12)22-19(23)18-17(21)16-14-4-2-1-3-11(14)5-10-15(16)24-18/h1-10H,(H,22,23). The summed E-state index contributed by atoms with van der Waals surface area (Å²) in [5, 5.41) is 6.55. The van der Waals surface area contributed by atoms with Gasteiger partial charge >= 0.3 is 0 Å². The van der Waals surface area contributed by atoms with Crippen LogP contribution in [0.1, 0.15) is 9.67 Å². The Morgan fingerprint density at radius 3 is 2.54 bits per heavy atom. The van der Waals surface area contributed by atoms with Gasteiger partial charge in [-0.05, 0) is 41.1 Å². The third kappa shape index (κ3) is 2.71. The number of carbonyl (C=O) groups is 1. The fourth-order valence-electron chi connectivity index (χ4n) is 2.70. The lowest BCUT2D eigenvalue weighted by Crippen LogP contribution is -2.10. The van der Waals surface area contributed by atoms with Crippen LogP contribution in [0.25, 0.3) is 20.9 Å². The molecule has 3 aromatic carbocycles. The minimum atomic E-state index is -0.187. The maximum absolute atomic E-state index is 12.6. The van der Waals surface area contributed by atoms with E-state index in [-0.39, 0.29) is 5.91 Å². The summed E-state index contributed by atoms with van der Waals surface area (Å²) in [6, 6.07) is 19.6. The second-order valence-corrected chi connectivity index (χ2v) is 7.71. The zero-order valence-electron chi connectivity index (χ0n) is 12.3. The van der Waals surface area contributed by atoms with Gasteiger partial charge in [-0.1, -0.05) is 57.9 Å². The van der Waals surface area contributed by atoms with E-state index in [0.717, 1.165) is 31.0 Å². The van der Waals surface area contributed by atoms with Crippen molar-refractivity contribution in [2.24, 2.45) is 0 Å². The zero-order chi connectivity index (χ0) is 16.7. The highest BCUT2D eigenvalue weighted by Crippen LogP contribution is 2.40. The van der Waals surface area contributed by atoms with Crippen LogP contribution in [0.3, 0.4) is 0 Å². The molecule has 0 aliphatic rings. The first-order valence-electron chi connectivity index (χ1n) is 7.30. The maximum Gasteiger partial charge on any atom is 0.267 e. The fraction of sp³-hybridized carbons (Fsp3) is 0. The summed E-state index contributed by atoms with van der Waals surface area (Å²) in [5.41, 5.74) is 0.738. The number of hydrogen-bond acceptors (Lipinski definition) is 2. The number of nitrogens with one attached hydrogen (secondary N) is 1. The quantitative estimate of drug-likeness (QED) is 0.386. The summed E-state index contributed by atoms with van der Waals surface area (Å²) in [5.74, 6) is -0.187. The molecule has 2 nitrogen and oxygen atoms in total. The van der Waals surface area contributed by atoms with E-state index in [1.165, 1.54) is 11.3 Å². The Kier molecular flexibility index (Phi) is 4.04. The highest BCUT2D eigenvalue weighted by Gasteiger charge is 2.18. The Morgan fingerprint density at radius 2 is 1.75 bits per heavy atom. The third-order valence-corrected chi connectivity index (χ3v) is 6.00. The maximum atomic E-state index is 12.6. The van der Waals surface area contributed by atoms with Gasteiger partial charge in [0.05, 0.1) is 5.02 Å². The number of anilines is 1. The van der Waals surface area contributed by atoms with Crippen LogP contribution < -0.4 is 5.32 Å². The van der Waals surface area contributed by atoms with Crippen LogP contribution in [0.4, 0.5) is 5.69 Å². The average molecular weight is 417 g/mol. The summed E-state index contributed by atoms with van der Waals surface area (Å²) in [7, 11) is 0. The van der Waals surface area contributed by atoms with Gasteiger partial charge in [-0.25, -0.2) is 0 Å². The van der Waals surface area contributed by atoms with Gasteiger partial charge in [-0.15, -0.1) is 11.3 Å². The van der Waals surface area contributed by atoms with Gasteiger partial charge in [0.1, 0.15) is 4.88 Å². The molecule has 0 spiro atoms. The molecule has 0 unspecified atom stereocenters. The van der Waals surface area contributed by atoms with Crippen molar-refractivity contribution in [3.8, 4) is 0 Å². The summed E-state index contributed by atoms with van der Waals surface area (Å²) < 4.78 is 1.98. The second-order valence-electron chi connectivity index (χ2n) is 5.37. The lowest BCUT2D eigenvalue weighted by Gasteiger charge is -2.04. The Bertz CT molecular complexity index is 1070. The van der Waals surface area contributed by atoms with Crippen LogP contribution in [-0.2, 0) is 0 Å². The molecule has 0 aliphatic carbocycles. The normalized spacial score (nSPS) is 11.1. The second kappa shape index (κ2) is 6.20. The van der Waals surface area contributed by atoms with Gasteiger partial charge in [-0.2, -0.15) is 0 Å². The van der Waals surface area contributed by atoms with E-state index in [1.54, 1.807) is 0 Å². The molecule has 4 aromatic rings. The molecule has 0 radical (unpaired) electrons. The van der Waals surface area contributed by atoms with Crippen LogP contribution in [-0.4, -0.2) is 5.91 Å². The van der Waals surface area contributed by atoms with Crippen LogP contribution >= 0.6 is 38.9 Å². The number of hydrogen-bond donors (Lipinski definition) is 1. The van der Waals surface area contributed by atoms with Gasteiger partial charge in [0, 0.05) is 20.2 Å². The van der Waals surface area contributed by atoms with Crippen LogP contribution in [0, 0.1) is 0 Å². The van der Waals surface area contributed by atoms with Crippen molar-refractivity contribution < 1.29 is 4.79 Å². The smallest absolute Gasteiger partial charge is 0.267 e. The van der Waals surface area contributed by atoms with Crippen molar-refractivity contribution in [3.63, 3.8) is 0 Å². The van der Waals surface area contributed by atoms with Crippen molar-refractivity contribution >= 4 is 71.3 Å². The number of amides is 1. The molecule has 5 heteroatoms. The summed E-state index contributed by atoms with van der Waals surface area (Å²) in [6.45, 7) is 0. The minimum absolute atomic E-state index is 0.187. The predicted octanol–water partition coefficient (Wildman–Crippen LogP) is 6.72. The molecule has 0 saturated carbocycles. The van der Waals surface area contributed by atoms with E-state index < -0.39 is 0 Å². The zero-order valence-corrected chi connectivity index (χ0v) is 15.5. The van der Waals surface area contributed by atoms with Crippen molar-refractivity contribution in [2.75, 3.05) is 5.32 Å². The van der Waals surface area contributed by atoms with E-state index in [4.69, 9.17) is 11.6 Å². The monoisotopic (exact) mass is 415 g/mol. The number of benzene rings is 3. The molecule has 1 N–H and O–H groups in total. The van der Waals surface area contributed by atoms with Crippen LogP contribution in [0.2, 0.25) is 5.02 Å². The molecule has 1 amide bonds.